The quantitative estimate of drug-likeness (QED) is 0.919. The van der Waals surface area contributed by atoms with E-state index in [1.165, 1.54) is 0 Å². The first kappa shape index (κ1) is 14.4. The number of thioether (sulfide) groups is 1. The molecule has 2 unspecified atom stereocenters. The van der Waals surface area contributed by atoms with Gasteiger partial charge < -0.3 is 4.90 Å². The van der Waals surface area contributed by atoms with E-state index in [9.17, 15) is 4.79 Å². The van der Waals surface area contributed by atoms with Gasteiger partial charge in [0.15, 0.2) is 0 Å². The fraction of sp³-hybridized carbons (Fsp3) is 0.533. The lowest BCUT2D eigenvalue weighted by molar-refractivity contribution is -0.130. The highest BCUT2D eigenvalue weighted by Crippen LogP contribution is 2.30. The van der Waals surface area contributed by atoms with Crippen LogP contribution in [0.4, 0.5) is 0 Å². The van der Waals surface area contributed by atoms with Crippen molar-refractivity contribution in [2.24, 2.45) is 0 Å². The Bertz CT molecular complexity index is 447. The Morgan fingerprint density at radius 1 is 1.32 bits per heavy atom. The van der Waals surface area contributed by atoms with Crippen LogP contribution in [0, 0.1) is 0 Å². The average Bonchev–Trinajstić information content (AvgIpc) is 2.68. The lowest BCUT2D eigenvalue weighted by Crippen LogP contribution is -2.40. The standard InChI is InChI=1S/C15H22N2OS/c1-11-14(18)17(10-15(2,3)19-4)13(16-11)12-8-6-5-7-9-12/h5-9,11,13,16H,10H2,1-4H3. The number of nitrogens with one attached hydrogen (secondary N) is 1. The fourth-order valence-corrected chi connectivity index (χ4v) is 2.60. The van der Waals surface area contributed by atoms with E-state index in [1.807, 2.05) is 30.0 Å². The minimum atomic E-state index is -0.108. The number of carbonyl (C=O) groups excluding carboxylic acids is 1. The van der Waals surface area contributed by atoms with Gasteiger partial charge in [-0.3, -0.25) is 10.1 Å². The number of rotatable bonds is 4. The van der Waals surface area contributed by atoms with Crippen LogP contribution in [0.5, 0.6) is 0 Å². The Morgan fingerprint density at radius 2 is 1.95 bits per heavy atom. The summed E-state index contributed by atoms with van der Waals surface area (Å²) in [7, 11) is 0. The number of hydrogen-bond donors (Lipinski definition) is 1. The minimum absolute atomic E-state index is 0.00451. The second-order valence-electron chi connectivity index (χ2n) is 5.63. The molecule has 1 aliphatic rings. The third-order valence-electron chi connectivity index (χ3n) is 3.59. The van der Waals surface area contributed by atoms with Gasteiger partial charge in [-0.05, 0) is 32.6 Å². The van der Waals surface area contributed by atoms with Crippen LogP contribution >= 0.6 is 11.8 Å². The first-order valence-electron chi connectivity index (χ1n) is 6.61. The van der Waals surface area contributed by atoms with E-state index in [0.29, 0.717) is 0 Å². The topological polar surface area (TPSA) is 32.3 Å². The maximum absolute atomic E-state index is 12.3. The van der Waals surface area contributed by atoms with Gasteiger partial charge in [0.2, 0.25) is 5.91 Å². The van der Waals surface area contributed by atoms with Crippen molar-refractivity contribution >= 4 is 17.7 Å². The summed E-state index contributed by atoms with van der Waals surface area (Å²) in [4.78, 5) is 14.3. The second-order valence-corrected chi connectivity index (χ2v) is 7.14. The van der Waals surface area contributed by atoms with Gasteiger partial charge in [-0.15, -0.1) is 0 Å². The largest absolute Gasteiger partial charge is 0.320 e. The Kier molecular flexibility index (Phi) is 4.21. The SMILES string of the molecule is CSC(C)(C)CN1C(=O)C(C)NC1c1ccccc1. The average molecular weight is 278 g/mol. The molecule has 2 rings (SSSR count). The van der Waals surface area contributed by atoms with Crippen LogP contribution in [-0.4, -0.2) is 34.4 Å². The molecule has 3 nitrogen and oxygen atoms in total. The fourth-order valence-electron chi connectivity index (χ4n) is 2.33. The number of nitrogens with zero attached hydrogens (tertiary/aromatic N) is 1. The summed E-state index contributed by atoms with van der Waals surface area (Å²) in [5.41, 5.74) is 1.15. The van der Waals surface area contributed by atoms with E-state index < -0.39 is 0 Å². The van der Waals surface area contributed by atoms with E-state index in [2.05, 4.69) is 37.6 Å². The smallest absolute Gasteiger partial charge is 0.241 e. The molecule has 1 saturated heterocycles. The molecule has 0 radical (unpaired) electrons. The number of carbonyl (C=O) groups is 1. The first-order valence-corrected chi connectivity index (χ1v) is 7.84. The van der Waals surface area contributed by atoms with Crippen LogP contribution in [0.2, 0.25) is 0 Å². The molecule has 1 amide bonds. The minimum Gasteiger partial charge on any atom is -0.320 e. The van der Waals surface area contributed by atoms with Crippen LogP contribution < -0.4 is 5.32 Å². The summed E-state index contributed by atoms with van der Waals surface area (Å²) in [5.74, 6) is 0.191. The molecule has 0 spiro atoms. The molecule has 0 bridgehead atoms. The highest BCUT2D eigenvalue weighted by molar-refractivity contribution is 7.99. The van der Waals surface area contributed by atoms with Gasteiger partial charge in [0.25, 0.3) is 0 Å². The Morgan fingerprint density at radius 3 is 2.53 bits per heavy atom. The van der Waals surface area contributed by atoms with Gasteiger partial charge in [0, 0.05) is 11.3 Å². The van der Waals surface area contributed by atoms with Crippen molar-refractivity contribution in [3.8, 4) is 0 Å². The van der Waals surface area contributed by atoms with E-state index in [0.717, 1.165) is 12.1 Å². The molecule has 0 aromatic heterocycles. The maximum Gasteiger partial charge on any atom is 0.241 e. The van der Waals surface area contributed by atoms with Crippen molar-refractivity contribution < 1.29 is 4.79 Å². The van der Waals surface area contributed by atoms with Gasteiger partial charge >= 0.3 is 0 Å². The van der Waals surface area contributed by atoms with Gasteiger partial charge in [-0.2, -0.15) is 11.8 Å². The van der Waals surface area contributed by atoms with Gasteiger partial charge in [-0.1, -0.05) is 30.3 Å². The zero-order chi connectivity index (χ0) is 14.0. The van der Waals surface area contributed by atoms with E-state index in [-0.39, 0.29) is 22.9 Å². The molecule has 104 valence electrons. The third-order valence-corrected chi connectivity index (χ3v) is 4.83. The highest BCUT2D eigenvalue weighted by Gasteiger charge is 2.39. The number of hydrogen-bond acceptors (Lipinski definition) is 3. The Hall–Kier alpha value is -1.00. The molecule has 0 aliphatic carbocycles. The van der Waals surface area contributed by atoms with Gasteiger partial charge in [0.1, 0.15) is 6.17 Å². The summed E-state index contributed by atoms with van der Waals surface area (Å²) in [6.07, 6.45) is 2.09. The van der Waals surface area contributed by atoms with E-state index in [4.69, 9.17) is 0 Å². The van der Waals surface area contributed by atoms with Crippen LogP contribution in [0.15, 0.2) is 30.3 Å². The molecule has 2 atom stereocenters. The highest BCUT2D eigenvalue weighted by atomic mass is 32.2. The molecule has 1 N–H and O–H groups in total. The molecule has 4 heteroatoms. The van der Waals surface area contributed by atoms with Crippen molar-refractivity contribution in [3.05, 3.63) is 35.9 Å². The zero-order valence-corrected chi connectivity index (χ0v) is 12.8. The Balaban J connectivity index is 2.24. The summed E-state index contributed by atoms with van der Waals surface area (Å²) in [5, 5.41) is 3.38. The van der Waals surface area contributed by atoms with E-state index >= 15 is 0 Å². The molecule has 1 aromatic rings. The second kappa shape index (κ2) is 5.55. The summed E-state index contributed by atoms with van der Waals surface area (Å²) in [6.45, 7) is 7.04. The number of amides is 1. The molecule has 1 aliphatic heterocycles. The zero-order valence-electron chi connectivity index (χ0n) is 12.0. The monoisotopic (exact) mass is 278 g/mol. The molecule has 1 heterocycles. The van der Waals surface area contributed by atoms with Crippen molar-refractivity contribution in [1.82, 2.24) is 10.2 Å². The van der Waals surface area contributed by atoms with E-state index in [1.54, 1.807) is 11.8 Å². The third kappa shape index (κ3) is 3.12. The summed E-state index contributed by atoms with van der Waals surface area (Å²) >= 11 is 1.79. The first-order chi connectivity index (χ1) is 8.94. The molecular weight excluding hydrogens is 256 g/mol. The van der Waals surface area contributed by atoms with Crippen molar-refractivity contribution in [2.45, 2.75) is 37.7 Å². The van der Waals surface area contributed by atoms with Crippen LogP contribution in [0.3, 0.4) is 0 Å². The van der Waals surface area contributed by atoms with Crippen LogP contribution in [-0.2, 0) is 4.79 Å². The predicted octanol–water partition coefficient (Wildman–Crippen LogP) is 2.65. The lowest BCUT2D eigenvalue weighted by atomic mass is 10.1. The van der Waals surface area contributed by atoms with Crippen molar-refractivity contribution in [2.75, 3.05) is 12.8 Å². The molecule has 1 fully saturated rings. The van der Waals surface area contributed by atoms with Crippen LogP contribution in [0.1, 0.15) is 32.5 Å². The lowest BCUT2D eigenvalue weighted by Gasteiger charge is -2.32. The molecule has 1 aromatic carbocycles. The van der Waals surface area contributed by atoms with Crippen molar-refractivity contribution in [1.29, 1.82) is 0 Å². The van der Waals surface area contributed by atoms with Crippen molar-refractivity contribution in [3.63, 3.8) is 0 Å². The summed E-state index contributed by atoms with van der Waals surface area (Å²) in [6, 6.07) is 10.1. The summed E-state index contributed by atoms with van der Waals surface area (Å²) < 4.78 is 0.0639. The normalized spacial score (nSPS) is 24.0. The van der Waals surface area contributed by atoms with Crippen LogP contribution in [0.25, 0.3) is 0 Å². The molecule has 19 heavy (non-hydrogen) atoms. The predicted molar refractivity (Wildman–Crippen MR) is 81.1 cm³/mol. The maximum atomic E-state index is 12.3. The number of benzene rings is 1. The molecular formula is C15H22N2OS. The Labute approximate surface area is 119 Å². The van der Waals surface area contributed by atoms with Gasteiger partial charge in [0.05, 0.1) is 6.04 Å². The molecule has 0 saturated carbocycles. The van der Waals surface area contributed by atoms with Gasteiger partial charge in [-0.25, -0.2) is 0 Å².